The molecule has 0 aliphatic carbocycles. The molecule has 0 aliphatic rings. The van der Waals surface area contributed by atoms with Gasteiger partial charge in [0.2, 0.25) is 0 Å². The number of rotatable bonds is 33. The van der Waals surface area contributed by atoms with Crippen molar-refractivity contribution in [2.75, 3.05) is 32.6 Å². The van der Waals surface area contributed by atoms with Crippen LogP contribution in [0.1, 0.15) is 194 Å². The maximum Gasteiger partial charge on any atom is 0.116 e. The van der Waals surface area contributed by atoms with E-state index in [0.717, 1.165) is 11.0 Å². The predicted molar refractivity (Wildman–Crippen MR) is 178 cm³/mol. The van der Waals surface area contributed by atoms with Crippen LogP contribution in [0.25, 0.3) is 0 Å². The molecule has 1 unspecified atom stereocenters. The molecule has 0 amide bonds. The molecule has 0 rings (SSSR count). The summed E-state index contributed by atoms with van der Waals surface area (Å²) >= 11 is 5.98. The molecular weight excluding hydrogens is 498 g/mol. The molecule has 0 fully saturated rings. The summed E-state index contributed by atoms with van der Waals surface area (Å²) in [4.78, 5) is 0. The van der Waals surface area contributed by atoms with Crippen LogP contribution in [-0.4, -0.2) is 48.3 Å². The van der Waals surface area contributed by atoms with E-state index >= 15 is 0 Å². The second-order valence-corrected chi connectivity index (χ2v) is 13.6. The Kier molecular flexibility index (Phi) is 31.3. The molecule has 1 N–H and O–H groups in total. The van der Waals surface area contributed by atoms with Gasteiger partial charge in [0.25, 0.3) is 0 Å². The van der Waals surface area contributed by atoms with E-state index in [0.29, 0.717) is 5.88 Å². The largest absolute Gasteiger partial charge is 0.386 e. The van der Waals surface area contributed by atoms with Crippen molar-refractivity contribution >= 4 is 11.6 Å². The van der Waals surface area contributed by atoms with Crippen LogP contribution < -0.4 is 0 Å². The van der Waals surface area contributed by atoms with Gasteiger partial charge in [0.15, 0.2) is 0 Å². The van der Waals surface area contributed by atoms with Gasteiger partial charge in [-0.2, -0.15) is 0 Å². The van der Waals surface area contributed by atoms with Crippen molar-refractivity contribution < 1.29 is 9.59 Å². The first-order valence-corrected chi connectivity index (χ1v) is 18.7. The highest BCUT2D eigenvalue weighted by Crippen LogP contribution is 2.17. The number of unbranched alkanes of at least 4 members (excludes halogenated alkanes) is 26. The molecule has 2 nitrogen and oxygen atoms in total. The van der Waals surface area contributed by atoms with Gasteiger partial charge >= 0.3 is 0 Å². The lowest BCUT2D eigenvalue weighted by Crippen LogP contribution is -2.50. The lowest BCUT2D eigenvalue weighted by Gasteiger charge is -2.36. The van der Waals surface area contributed by atoms with Gasteiger partial charge in [-0.25, -0.2) is 0 Å². The summed E-state index contributed by atoms with van der Waals surface area (Å²) in [7, 11) is 2.36. The zero-order valence-electron chi connectivity index (χ0n) is 27.5. The number of alkyl halides is 1. The molecule has 0 aromatic heterocycles. The smallest absolute Gasteiger partial charge is 0.116 e. The minimum atomic E-state index is -0.366. The first-order valence-electron chi connectivity index (χ1n) is 18.2. The second-order valence-electron chi connectivity index (χ2n) is 13.2. The predicted octanol–water partition coefficient (Wildman–Crippen LogP) is 12.0. The number of hydrogen-bond acceptors (Lipinski definition) is 1. The van der Waals surface area contributed by atoms with E-state index in [-0.39, 0.29) is 6.10 Å². The third-order valence-electron chi connectivity index (χ3n) is 8.93. The summed E-state index contributed by atoms with van der Waals surface area (Å²) in [6, 6.07) is 0. The van der Waals surface area contributed by atoms with Crippen LogP contribution in [0.3, 0.4) is 0 Å². The fourth-order valence-corrected chi connectivity index (χ4v) is 6.33. The molecule has 0 heterocycles. The van der Waals surface area contributed by atoms with E-state index in [1.807, 2.05) is 0 Å². The number of quaternary nitrogens is 1. The van der Waals surface area contributed by atoms with Gasteiger partial charge in [-0.3, -0.25) is 0 Å². The summed E-state index contributed by atoms with van der Waals surface area (Å²) in [6.07, 6.45) is 39.1. The van der Waals surface area contributed by atoms with Crippen molar-refractivity contribution in [2.24, 2.45) is 0 Å². The van der Waals surface area contributed by atoms with Gasteiger partial charge in [0, 0.05) is 0 Å². The summed E-state index contributed by atoms with van der Waals surface area (Å²) in [6.45, 7) is 7.81. The molecule has 0 saturated heterocycles. The third-order valence-corrected chi connectivity index (χ3v) is 9.29. The van der Waals surface area contributed by atoms with Crippen LogP contribution in [0.15, 0.2) is 0 Å². The molecule has 1 atom stereocenters. The maximum absolute atomic E-state index is 10.3. The number of halogens is 1. The Labute approximate surface area is 253 Å². The first kappa shape index (κ1) is 39.2. The van der Waals surface area contributed by atoms with E-state index in [1.165, 1.54) is 193 Å². The molecule has 0 radical (unpaired) electrons. The Morgan fingerprint density at radius 1 is 0.436 bits per heavy atom. The molecule has 0 aromatic carbocycles. The van der Waals surface area contributed by atoms with Gasteiger partial charge in [0.05, 0.1) is 26.0 Å². The van der Waals surface area contributed by atoms with E-state index in [9.17, 15) is 5.11 Å². The van der Waals surface area contributed by atoms with Crippen molar-refractivity contribution in [2.45, 2.75) is 200 Å². The van der Waals surface area contributed by atoms with Crippen LogP contribution in [0.5, 0.6) is 0 Å². The van der Waals surface area contributed by atoms with Crippen LogP contribution in [-0.2, 0) is 0 Å². The average molecular weight is 573 g/mol. The van der Waals surface area contributed by atoms with Crippen LogP contribution in [0.2, 0.25) is 0 Å². The zero-order valence-corrected chi connectivity index (χ0v) is 28.2. The van der Waals surface area contributed by atoms with Crippen LogP contribution >= 0.6 is 11.6 Å². The molecule has 0 aromatic rings. The average Bonchev–Trinajstić information content (AvgIpc) is 2.93. The highest BCUT2D eigenvalue weighted by molar-refractivity contribution is 6.18. The number of likely N-dealkylation sites (N-methyl/N-ethyl adjacent to an activating group) is 1. The quantitative estimate of drug-likeness (QED) is 0.0470. The molecule has 3 heteroatoms. The lowest BCUT2D eigenvalue weighted by atomic mass is 10.0. The van der Waals surface area contributed by atoms with E-state index in [4.69, 9.17) is 11.6 Å². The number of hydrogen-bond donors (Lipinski definition) is 1. The van der Waals surface area contributed by atoms with Crippen molar-refractivity contribution in [1.82, 2.24) is 0 Å². The van der Waals surface area contributed by atoms with Gasteiger partial charge in [-0.1, -0.05) is 168 Å². The minimum absolute atomic E-state index is 0.366. The molecule has 39 heavy (non-hydrogen) atoms. The number of aliphatic hydroxyl groups excluding tert-OH is 1. The Bertz CT molecular complexity index is 425. The van der Waals surface area contributed by atoms with E-state index in [1.54, 1.807) is 0 Å². The molecule has 236 valence electrons. The fourth-order valence-electron chi connectivity index (χ4n) is 6.23. The van der Waals surface area contributed by atoms with Crippen molar-refractivity contribution in [1.29, 1.82) is 0 Å². The first-order chi connectivity index (χ1) is 19.1. The Morgan fingerprint density at radius 3 is 0.897 bits per heavy atom. The van der Waals surface area contributed by atoms with Crippen LogP contribution in [0, 0.1) is 0 Å². The molecule has 0 spiro atoms. The highest BCUT2D eigenvalue weighted by Gasteiger charge is 2.24. The Hall–Kier alpha value is 0.210. The Morgan fingerprint density at radius 2 is 0.667 bits per heavy atom. The van der Waals surface area contributed by atoms with Crippen LogP contribution in [0.4, 0.5) is 0 Å². The summed E-state index contributed by atoms with van der Waals surface area (Å²) in [5.41, 5.74) is 0. The highest BCUT2D eigenvalue weighted by atomic mass is 35.5. The molecule has 0 aliphatic heterocycles. The monoisotopic (exact) mass is 573 g/mol. The van der Waals surface area contributed by atoms with Gasteiger partial charge in [-0.15, -0.1) is 11.6 Å². The maximum atomic E-state index is 10.3. The number of aliphatic hydroxyl groups is 1. The molecular formula is C36H75ClNO+. The number of nitrogens with zero attached hydrogens (tertiary/aromatic N) is 1. The zero-order chi connectivity index (χ0) is 28.7. The summed E-state index contributed by atoms with van der Waals surface area (Å²) in [5.74, 6) is 0.366. The topological polar surface area (TPSA) is 20.2 Å². The standard InChI is InChI=1S/C36H75ClNO/c1-4-6-8-10-12-14-16-18-20-22-24-26-28-30-32-38(3,35-36(39)34-37)33-31-29-27-25-23-21-19-17-15-13-11-9-7-5-2/h36,39H,4-35H2,1-3H3/q+1. The van der Waals surface area contributed by atoms with Gasteiger partial charge in [0.1, 0.15) is 12.6 Å². The van der Waals surface area contributed by atoms with E-state index < -0.39 is 0 Å². The van der Waals surface area contributed by atoms with Crippen molar-refractivity contribution in [3.8, 4) is 0 Å². The molecule has 0 saturated carbocycles. The SMILES string of the molecule is CCCCCCCCCCCCCCCC[N+](C)(CCCCCCCCCCCCCCCC)CC(O)CCl. The Balaban J connectivity index is 3.74. The normalized spacial score (nSPS) is 12.8. The minimum Gasteiger partial charge on any atom is -0.386 e. The fraction of sp³-hybridized carbons (Fsp3) is 1.00. The summed E-state index contributed by atoms with van der Waals surface area (Å²) < 4.78 is 1.00. The molecule has 0 bridgehead atoms. The van der Waals surface area contributed by atoms with Crippen molar-refractivity contribution in [3.05, 3.63) is 0 Å². The lowest BCUT2D eigenvalue weighted by molar-refractivity contribution is -0.912. The van der Waals surface area contributed by atoms with Crippen molar-refractivity contribution in [3.63, 3.8) is 0 Å². The second kappa shape index (κ2) is 31.2. The van der Waals surface area contributed by atoms with Gasteiger partial charge < -0.3 is 9.59 Å². The van der Waals surface area contributed by atoms with E-state index in [2.05, 4.69) is 20.9 Å². The third kappa shape index (κ3) is 29.5. The summed E-state index contributed by atoms with van der Waals surface area (Å²) in [5, 5.41) is 10.3. The van der Waals surface area contributed by atoms with Gasteiger partial charge in [-0.05, 0) is 25.7 Å².